The van der Waals surface area contributed by atoms with Crippen molar-refractivity contribution < 1.29 is 21.1 Å². The maximum absolute atomic E-state index is 4.14. The first-order valence-corrected chi connectivity index (χ1v) is 3.30. The Morgan fingerprint density at radius 1 is 1.27 bits per heavy atom. The SMILES string of the molecule is [CH2-]C[B][N-]c1ccccc1.[W+2]. The molecule has 3 heteroatoms. The van der Waals surface area contributed by atoms with E-state index in [9.17, 15) is 0 Å². The molecule has 0 spiro atoms. The summed E-state index contributed by atoms with van der Waals surface area (Å²) in [6, 6.07) is 9.84. The number of hydrogen-bond acceptors (Lipinski definition) is 0. The molecule has 0 saturated carbocycles. The van der Waals surface area contributed by atoms with Gasteiger partial charge < -0.3 is 12.2 Å². The number of hydrogen-bond donors (Lipinski definition) is 0. The summed E-state index contributed by atoms with van der Waals surface area (Å²) < 4.78 is 0. The van der Waals surface area contributed by atoms with Gasteiger partial charge in [0, 0.05) is 0 Å². The van der Waals surface area contributed by atoms with Crippen LogP contribution in [0.3, 0.4) is 0 Å². The third kappa shape index (κ3) is 4.26. The van der Waals surface area contributed by atoms with Crippen LogP contribution in [0.15, 0.2) is 30.3 Å². The van der Waals surface area contributed by atoms with Crippen LogP contribution in [0.25, 0.3) is 5.23 Å². The van der Waals surface area contributed by atoms with Crippen molar-refractivity contribution in [1.29, 1.82) is 0 Å². The first kappa shape index (κ1) is 10.8. The minimum Gasteiger partial charge on any atom is -0.715 e. The second-order valence-corrected chi connectivity index (χ2v) is 1.94. The van der Waals surface area contributed by atoms with E-state index in [1.165, 1.54) is 0 Å². The van der Waals surface area contributed by atoms with Crippen LogP contribution < -0.4 is 0 Å². The second-order valence-electron chi connectivity index (χ2n) is 1.94. The van der Waals surface area contributed by atoms with E-state index in [2.05, 4.69) is 12.2 Å². The molecule has 1 aromatic carbocycles. The predicted octanol–water partition coefficient (Wildman–Crippen LogP) is 2.56. The van der Waals surface area contributed by atoms with Gasteiger partial charge in [-0.1, -0.05) is 37.7 Å². The van der Waals surface area contributed by atoms with Gasteiger partial charge in [-0.3, -0.25) is 0 Å². The largest absolute Gasteiger partial charge is 2.00 e. The molecule has 1 aromatic rings. The molecule has 1 rings (SSSR count). The molecule has 0 N–H and O–H groups in total. The molecule has 0 aromatic heterocycles. The molecule has 0 aliphatic heterocycles. The van der Waals surface area contributed by atoms with Crippen LogP contribution >= 0.6 is 0 Å². The Kier molecular flexibility index (Phi) is 6.35. The van der Waals surface area contributed by atoms with Crippen molar-refractivity contribution in [2.45, 2.75) is 6.32 Å². The number of rotatable bonds is 3. The van der Waals surface area contributed by atoms with Gasteiger partial charge >= 0.3 is 21.1 Å². The van der Waals surface area contributed by atoms with E-state index in [0.717, 1.165) is 12.0 Å². The molecule has 0 saturated heterocycles. The van der Waals surface area contributed by atoms with Crippen LogP contribution in [-0.2, 0) is 21.1 Å². The van der Waals surface area contributed by atoms with Gasteiger partial charge in [-0.05, 0) is 0 Å². The standard InChI is InChI=1S/C8H9BN.W/c1-2-9-10-8-6-4-3-5-7-8;/h3-7H,1-2H2;/q-2;+2. The second kappa shape index (κ2) is 6.48. The van der Waals surface area contributed by atoms with Crippen molar-refractivity contribution in [1.82, 2.24) is 0 Å². The van der Waals surface area contributed by atoms with Crippen LogP contribution in [0.4, 0.5) is 5.69 Å². The van der Waals surface area contributed by atoms with Crippen LogP contribution in [0.1, 0.15) is 0 Å². The molecule has 1 radical (unpaired) electrons. The molecule has 0 aliphatic carbocycles. The molecule has 0 fully saturated rings. The summed E-state index contributed by atoms with van der Waals surface area (Å²) in [4.78, 5) is 0. The van der Waals surface area contributed by atoms with E-state index in [-0.39, 0.29) is 21.1 Å². The van der Waals surface area contributed by atoms with E-state index in [1.54, 1.807) is 7.41 Å². The van der Waals surface area contributed by atoms with Gasteiger partial charge in [0.2, 0.25) is 0 Å². The molecule has 0 aliphatic rings. The van der Waals surface area contributed by atoms with E-state index < -0.39 is 0 Å². The third-order valence-electron chi connectivity index (χ3n) is 1.13. The molecule has 0 heterocycles. The fraction of sp³-hybridized carbons (Fsp3) is 0.125. The number of benzene rings is 1. The van der Waals surface area contributed by atoms with Gasteiger partial charge in [-0.25, -0.2) is 6.32 Å². The zero-order valence-corrected chi connectivity index (χ0v) is 9.17. The Labute approximate surface area is 83.1 Å². The van der Waals surface area contributed by atoms with Crippen LogP contribution in [0.2, 0.25) is 6.32 Å². The van der Waals surface area contributed by atoms with Crippen molar-refractivity contribution in [2.24, 2.45) is 0 Å². The quantitative estimate of drug-likeness (QED) is 0.601. The van der Waals surface area contributed by atoms with E-state index in [1.807, 2.05) is 30.3 Å². The Balaban J connectivity index is 0.000001000. The van der Waals surface area contributed by atoms with Gasteiger partial charge in [-0.15, -0.1) is 5.69 Å². The summed E-state index contributed by atoms with van der Waals surface area (Å²) in [6.45, 7) is 3.65. The van der Waals surface area contributed by atoms with Gasteiger partial charge in [0.05, 0.1) is 0 Å². The predicted molar refractivity (Wildman–Crippen MR) is 45.4 cm³/mol. The topological polar surface area (TPSA) is 14.1 Å². The van der Waals surface area contributed by atoms with Crippen molar-refractivity contribution in [3.8, 4) is 0 Å². The van der Waals surface area contributed by atoms with Gasteiger partial charge in [0.25, 0.3) is 0 Å². The van der Waals surface area contributed by atoms with Crippen molar-refractivity contribution in [3.63, 3.8) is 0 Å². The number of nitrogens with zero attached hydrogens (tertiary/aromatic N) is 1. The Morgan fingerprint density at radius 2 is 1.91 bits per heavy atom. The van der Waals surface area contributed by atoms with E-state index in [0.29, 0.717) is 0 Å². The zero-order valence-electron chi connectivity index (χ0n) is 6.23. The van der Waals surface area contributed by atoms with Gasteiger partial charge in [0.1, 0.15) is 0 Å². The summed E-state index contributed by atoms with van der Waals surface area (Å²) in [5.41, 5.74) is 0.992. The van der Waals surface area contributed by atoms with E-state index >= 15 is 0 Å². The maximum atomic E-state index is 4.14. The monoisotopic (exact) mass is 314 g/mol. The third-order valence-corrected chi connectivity index (χ3v) is 1.13. The molecule has 1 nitrogen and oxygen atoms in total. The molecule has 0 unspecified atom stereocenters. The van der Waals surface area contributed by atoms with Crippen molar-refractivity contribution in [3.05, 3.63) is 42.5 Å². The Hall–Kier alpha value is -0.227. The molecule has 0 amide bonds. The maximum Gasteiger partial charge on any atom is 2.00 e. The average Bonchev–Trinajstić information content (AvgIpc) is 2.03. The van der Waals surface area contributed by atoms with E-state index in [4.69, 9.17) is 0 Å². The molecular weight excluding hydrogens is 305 g/mol. The molecule has 11 heavy (non-hydrogen) atoms. The fourth-order valence-electron chi connectivity index (χ4n) is 0.684. The minimum absolute atomic E-state index is 0. The van der Waals surface area contributed by atoms with Crippen molar-refractivity contribution >= 4 is 13.1 Å². The minimum atomic E-state index is 0. The molecule has 0 bridgehead atoms. The van der Waals surface area contributed by atoms with Crippen LogP contribution in [0.5, 0.6) is 0 Å². The summed E-state index contributed by atoms with van der Waals surface area (Å²) in [7, 11) is 1.80. The first-order valence-electron chi connectivity index (χ1n) is 3.30. The Morgan fingerprint density at radius 3 is 2.45 bits per heavy atom. The molecular formula is C8H9BNW. The summed E-state index contributed by atoms with van der Waals surface area (Å²) >= 11 is 0. The van der Waals surface area contributed by atoms with Crippen LogP contribution in [0, 0.1) is 6.92 Å². The smallest absolute Gasteiger partial charge is 0.715 e. The summed E-state index contributed by atoms with van der Waals surface area (Å²) in [6.07, 6.45) is 0.745. The van der Waals surface area contributed by atoms with Crippen molar-refractivity contribution in [2.75, 3.05) is 0 Å². The zero-order chi connectivity index (χ0) is 7.23. The summed E-state index contributed by atoms with van der Waals surface area (Å²) in [5, 5.41) is 4.14. The fourth-order valence-corrected chi connectivity index (χ4v) is 0.684. The molecule has 55 valence electrons. The summed E-state index contributed by atoms with van der Waals surface area (Å²) in [5.74, 6) is 0. The Bertz CT molecular complexity index is 179. The normalized spacial score (nSPS) is 8.09. The van der Waals surface area contributed by atoms with Gasteiger partial charge in [-0.2, -0.15) is 0 Å². The molecule has 0 atom stereocenters. The first-order chi connectivity index (χ1) is 4.93. The van der Waals surface area contributed by atoms with Gasteiger partial charge in [0.15, 0.2) is 0 Å². The van der Waals surface area contributed by atoms with Crippen LogP contribution in [-0.4, -0.2) is 7.41 Å². The average molecular weight is 314 g/mol.